The van der Waals surface area contributed by atoms with Gasteiger partial charge in [0.05, 0.1) is 17.4 Å². The summed E-state index contributed by atoms with van der Waals surface area (Å²) in [6, 6.07) is 0. The van der Waals surface area contributed by atoms with E-state index in [4.69, 9.17) is 11.6 Å². The highest BCUT2D eigenvalue weighted by atomic mass is 35.5. The van der Waals surface area contributed by atoms with Gasteiger partial charge in [-0.15, -0.1) is 0 Å². The highest BCUT2D eigenvalue weighted by molar-refractivity contribution is 6.30. The molecule has 1 saturated heterocycles. The molecule has 1 aliphatic rings. The van der Waals surface area contributed by atoms with Crippen LogP contribution in [0.1, 0.15) is 13.3 Å². The van der Waals surface area contributed by atoms with Gasteiger partial charge in [0.2, 0.25) is 5.95 Å². The molecule has 94 valence electrons. The van der Waals surface area contributed by atoms with Gasteiger partial charge in [0.15, 0.2) is 0 Å². The topological polar surface area (TPSA) is 32.3 Å². The Balaban J connectivity index is 1.89. The summed E-state index contributed by atoms with van der Waals surface area (Å²) in [7, 11) is 2.04. The fourth-order valence-electron chi connectivity index (χ4n) is 2.32. The summed E-state index contributed by atoms with van der Waals surface area (Å²) in [6.07, 6.45) is 4.56. The minimum Gasteiger partial charge on any atom is -0.344 e. The Labute approximate surface area is 108 Å². The van der Waals surface area contributed by atoms with Crippen molar-refractivity contribution in [1.82, 2.24) is 14.9 Å². The lowest BCUT2D eigenvalue weighted by Gasteiger charge is -2.21. The SMILES string of the molecule is CCN1CC[C@H](CN(C)c2ncc(Cl)cn2)C1. The van der Waals surface area contributed by atoms with Crippen LogP contribution in [0.15, 0.2) is 12.4 Å². The van der Waals surface area contributed by atoms with E-state index in [-0.39, 0.29) is 0 Å². The van der Waals surface area contributed by atoms with E-state index in [2.05, 4.69) is 26.7 Å². The molecule has 0 aliphatic carbocycles. The molecule has 5 heteroatoms. The van der Waals surface area contributed by atoms with Crippen LogP contribution in [0.2, 0.25) is 5.02 Å². The number of hydrogen-bond donors (Lipinski definition) is 0. The standard InChI is InChI=1S/C12H19ClN4/c1-3-17-5-4-10(9-17)8-16(2)12-14-6-11(13)7-15-12/h6-7,10H,3-5,8-9H2,1-2H3/t10-/m1/s1. The van der Waals surface area contributed by atoms with Gasteiger partial charge in [0.25, 0.3) is 0 Å². The zero-order valence-corrected chi connectivity index (χ0v) is 11.2. The van der Waals surface area contributed by atoms with Crippen LogP contribution in [0.3, 0.4) is 0 Å². The number of likely N-dealkylation sites (tertiary alicyclic amines) is 1. The molecular weight excluding hydrogens is 236 g/mol. The maximum absolute atomic E-state index is 5.77. The normalized spacial score (nSPS) is 20.8. The van der Waals surface area contributed by atoms with Crippen molar-refractivity contribution in [2.24, 2.45) is 5.92 Å². The van der Waals surface area contributed by atoms with E-state index >= 15 is 0 Å². The maximum Gasteiger partial charge on any atom is 0.225 e. The molecule has 4 nitrogen and oxygen atoms in total. The monoisotopic (exact) mass is 254 g/mol. The van der Waals surface area contributed by atoms with E-state index in [0.29, 0.717) is 5.02 Å². The lowest BCUT2D eigenvalue weighted by atomic mass is 10.1. The molecule has 0 N–H and O–H groups in total. The maximum atomic E-state index is 5.77. The number of halogens is 1. The average Bonchev–Trinajstić information content (AvgIpc) is 2.77. The summed E-state index contributed by atoms with van der Waals surface area (Å²) >= 11 is 5.77. The average molecular weight is 255 g/mol. The van der Waals surface area contributed by atoms with Crippen LogP contribution >= 0.6 is 11.6 Å². The molecule has 2 rings (SSSR count). The molecule has 17 heavy (non-hydrogen) atoms. The Bertz CT molecular complexity index is 354. The van der Waals surface area contributed by atoms with E-state index in [1.54, 1.807) is 12.4 Å². The summed E-state index contributed by atoms with van der Waals surface area (Å²) in [6.45, 7) is 6.79. The fourth-order valence-corrected chi connectivity index (χ4v) is 2.42. The van der Waals surface area contributed by atoms with Crippen molar-refractivity contribution in [3.63, 3.8) is 0 Å². The van der Waals surface area contributed by atoms with Gasteiger partial charge in [0.1, 0.15) is 0 Å². The molecule has 0 saturated carbocycles. The summed E-state index contributed by atoms with van der Waals surface area (Å²) in [5, 5.41) is 0.583. The molecule has 0 aromatic carbocycles. The number of hydrogen-bond acceptors (Lipinski definition) is 4. The summed E-state index contributed by atoms with van der Waals surface area (Å²) in [4.78, 5) is 13.1. The summed E-state index contributed by atoms with van der Waals surface area (Å²) in [5.41, 5.74) is 0. The Morgan fingerprint density at radius 2 is 2.18 bits per heavy atom. The van der Waals surface area contributed by atoms with Crippen molar-refractivity contribution in [3.05, 3.63) is 17.4 Å². The molecule has 1 aliphatic heterocycles. The smallest absolute Gasteiger partial charge is 0.225 e. The first-order valence-corrected chi connectivity index (χ1v) is 6.48. The van der Waals surface area contributed by atoms with Gasteiger partial charge in [-0.05, 0) is 25.4 Å². The molecular formula is C12H19ClN4. The minimum atomic E-state index is 0.583. The van der Waals surface area contributed by atoms with Crippen molar-refractivity contribution < 1.29 is 0 Å². The van der Waals surface area contributed by atoms with Crippen molar-refractivity contribution in [2.45, 2.75) is 13.3 Å². The van der Waals surface area contributed by atoms with E-state index in [1.807, 2.05) is 7.05 Å². The highest BCUT2D eigenvalue weighted by Gasteiger charge is 2.22. The molecule has 1 aromatic rings. The van der Waals surface area contributed by atoms with Crippen LogP contribution in [0.5, 0.6) is 0 Å². The largest absolute Gasteiger partial charge is 0.344 e. The minimum absolute atomic E-state index is 0.583. The second kappa shape index (κ2) is 5.65. The van der Waals surface area contributed by atoms with Gasteiger partial charge in [-0.2, -0.15) is 0 Å². The fraction of sp³-hybridized carbons (Fsp3) is 0.667. The number of anilines is 1. The van der Waals surface area contributed by atoms with Gasteiger partial charge < -0.3 is 9.80 Å². The van der Waals surface area contributed by atoms with E-state index in [0.717, 1.165) is 25.0 Å². The molecule has 1 atom stereocenters. The van der Waals surface area contributed by atoms with Crippen molar-refractivity contribution in [3.8, 4) is 0 Å². The van der Waals surface area contributed by atoms with Crippen molar-refractivity contribution in [1.29, 1.82) is 0 Å². The van der Waals surface area contributed by atoms with Gasteiger partial charge >= 0.3 is 0 Å². The Hall–Kier alpha value is -0.870. The lowest BCUT2D eigenvalue weighted by Crippen LogP contribution is -2.29. The Morgan fingerprint density at radius 1 is 1.47 bits per heavy atom. The Kier molecular flexibility index (Phi) is 4.18. The van der Waals surface area contributed by atoms with Crippen LogP contribution in [0, 0.1) is 5.92 Å². The molecule has 0 unspecified atom stereocenters. The van der Waals surface area contributed by atoms with Crippen molar-refractivity contribution >= 4 is 17.5 Å². The number of aromatic nitrogens is 2. The van der Waals surface area contributed by atoms with E-state index in [9.17, 15) is 0 Å². The molecule has 0 radical (unpaired) electrons. The van der Waals surface area contributed by atoms with Gasteiger partial charge in [0, 0.05) is 20.1 Å². The second-order valence-corrected chi connectivity index (χ2v) is 5.07. The first-order chi connectivity index (χ1) is 8.19. The first kappa shape index (κ1) is 12.6. The number of nitrogens with zero attached hydrogens (tertiary/aromatic N) is 4. The van der Waals surface area contributed by atoms with E-state index < -0.39 is 0 Å². The summed E-state index contributed by atoms with van der Waals surface area (Å²) < 4.78 is 0. The molecule has 1 aromatic heterocycles. The highest BCUT2D eigenvalue weighted by Crippen LogP contribution is 2.18. The zero-order valence-electron chi connectivity index (χ0n) is 10.4. The molecule has 0 spiro atoms. The molecule has 0 amide bonds. The molecule has 1 fully saturated rings. The van der Waals surface area contributed by atoms with Crippen LogP contribution in [-0.2, 0) is 0 Å². The van der Waals surface area contributed by atoms with Gasteiger partial charge in [-0.3, -0.25) is 0 Å². The first-order valence-electron chi connectivity index (χ1n) is 6.10. The predicted octanol–water partition coefficient (Wildman–Crippen LogP) is 1.91. The second-order valence-electron chi connectivity index (χ2n) is 4.63. The third kappa shape index (κ3) is 3.30. The zero-order chi connectivity index (χ0) is 12.3. The third-order valence-electron chi connectivity index (χ3n) is 3.30. The molecule has 0 bridgehead atoms. The lowest BCUT2D eigenvalue weighted by molar-refractivity contribution is 0.343. The Morgan fingerprint density at radius 3 is 2.76 bits per heavy atom. The van der Waals surface area contributed by atoms with Crippen LogP contribution in [-0.4, -0.2) is 48.1 Å². The number of rotatable bonds is 4. The van der Waals surface area contributed by atoms with Crippen molar-refractivity contribution in [2.75, 3.05) is 38.1 Å². The predicted molar refractivity (Wildman–Crippen MR) is 70.5 cm³/mol. The van der Waals surface area contributed by atoms with Gasteiger partial charge in [-0.25, -0.2) is 9.97 Å². The molecule has 2 heterocycles. The van der Waals surface area contributed by atoms with Crippen LogP contribution < -0.4 is 4.90 Å². The van der Waals surface area contributed by atoms with Crippen LogP contribution in [0.25, 0.3) is 0 Å². The summed E-state index contributed by atoms with van der Waals surface area (Å²) in [5.74, 6) is 1.48. The van der Waals surface area contributed by atoms with E-state index in [1.165, 1.54) is 19.5 Å². The van der Waals surface area contributed by atoms with Gasteiger partial charge in [-0.1, -0.05) is 18.5 Å². The van der Waals surface area contributed by atoms with Crippen LogP contribution in [0.4, 0.5) is 5.95 Å². The third-order valence-corrected chi connectivity index (χ3v) is 3.49. The quantitative estimate of drug-likeness (QED) is 0.822.